The number of carbonyl (C=O) groups excluding carboxylic acids is 1. The summed E-state index contributed by atoms with van der Waals surface area (Å²) in [5, 5.41) is 9.15. The van der Waals surface area contributed by atoms with Crippen LogP contribution in [0.15, 0.2) is 23.1 Å². The molecule has 2 amide bonds. The van der Waals surface area contributed by atoms with Gasteiger partial charge in [0.25, 0.3) is 0 Å². The molecule has 1 fully saturated rings. The van der Waals surface area contributed by atoms with E-state index in [4.69, 9.17) is 5.11 Å². The van der Waals surface area contributed by atoms with Gasteiger partial charge in [-0.25, -0.2) is 17.9 Å². The van der Waals surface area contributed by atoms with Crippen LogP contribution in [0.4, 0.5) is 10.5 Å². The molecule has 1 aromatic rings. The third-order valence-electron chi connectivity index (χ3n) is 5.15. The number of sulfonamides is 1. The van der Waals surface area contributed by atoms with Crippen LogP contribution in [0.25, 0.3) is 0 Å². The van der Waals surface area contributed by atoms with Crippen molar-refractivity contribution in [2.45, 2.75) is 24.3 Å². The number of nitrogens with zero attached hydrogens (tertiary/aromatic N) is 3. The van der Waals surface area contributed by atoms with Gasteiger partial charge >= 0.3 is 6.09 Å². The molecule has 2 aliphatic heterocycles. The zero-order chi connectivity index (χ0) is 19.8. The Morgan fingerprint density at radius 3 is 2.63 bits per heavy atom. The lowest BCUT2D eigenvalue weighted by Crippen LogP contribution is -2.55. The van der Waals surface area contributed by atoms with Gasteiger partial charge in [0.15, 0.2) is 0 Å². The Balaban J connectivity index is 1.72. The van der Waals surface area contributed by atoms with E-state index in [1.54, 1.807) is 17.0 Å². The van der Waals surface area contributed by atoms with Crippen LogP contribution in [0, 0.1) is 0 Å². The molecule has 0 aliphatic carbocycles. The lowest BCUT2D eigenvalue weighted by Gasteiger charge is -2.38. The summed E-state index contributed by atoms with van der Waals surface area (Å²) in [6.07, 6.45) is -0.260. The van der Waals surface area contributed by atoms with Gasteiger partial charge in [-0.15, -0.1) is 0 Å². The fraction of sp³-hybridized carbons (Fsp3) is 0.529. The number of hydrogen-bond acceptors (Lipinski definition) is 5. The number of fused-ring (bicyclic) bond motifs is 1. The Morgan fingerprint density at radius 1 is 1.26 bits per heavy atom. The smallest absolute Gasteiger partial charge is 0.407 e. The Morgan fingerprint density at radius 2 is 2.00 bits per heavy atom. The highest BCUT2D eigenvalue weighted by Gasteiger charge is 2.31. The second kappa shape index (κ2) is 7.45. The van der Waals surface area contributed by atoms with Crippen LogP contribution in [0.1, 0.15) is 12.5 Å². The highest BCUT2D eigenvalue weighted by molar-refractivity contribution is 7.89. The number of carbonyl (C=O) groups is 2. The van der Waals surface area contributed by atoms with E-state index in [9.17, 15) is 18.0 Å². The second-order valence-electron chi connectivity index (χ2n) is 6.85. The molecule has 148 valence electrons. The van der Waals surface area contributed by atoms with Crippen molar-refractivity contribution < 1.29 is 23.1 Å². The van der Waals surface area contributed by atoms with Gasteiger partial charge in [0.1, 0.15) is 0 Å². The van der Waals surface area contributed by atoms with Crippen LogP contribution in [-0.4, -0.2) is 81.1 Å². The molecule has 1 saturated heterocycles. The molecule has 10 heteroatoms. The summed E-state index contributed by atoms with van der Waals surface area (Å²) in [6.45, 7) is 3.88. The van der Waals surface area contributed by atoms with E-state index in [1.165, 1.54) is 18.0 Å². The van der Waals surface area contributed by atoms with Crippen molar-refractivity contribution in [2.24, 2.45) is 0 Å². The van der Waals surface area contributed by atoms with Crippen LogP contribution in [0.3, 0.4) is 0 Å². The maximum absolute atomic E-state index is 12.8. The van der Waals surface area contributed by atoms with Crippen molar-refractivity contribution in [3.05, 3.63) is 23.8 Å². The van der Waals surface area contributed by atoms with E-state index in [1.807, 2.05) is 11.8 Å². The first-order valence-corrected chi connectivity index (χ1v) is 10.3. The maximum atomic E-state index is 12.8. The lowest BCUT2D eigenvalue weighted by atomic mass is 10.2. The number of anilines is 1. The number of amides is 2. The van der Waals surface area contributed by atoms with Crippen molar-refractivity contribution >= 4 is 27.7 Å². The number of nitrogens with one attached hydrogen (secondary N) is 1. The fourth-order valence-electron chi connectivity index (χ4n) is 3.64. The van der Waals surface area contributed by atoms with Crippen molar-refractivity contribution in [1.82, 2.24) is 14.5 Å². The van der Waals surface area contributed by atoms with Crippen LogP contribution in [-0.2, 0) is 21.2 Å². The molecule has 2 aliphatic rings. The van der Waals surface area contributed by atoms with Crippen LogP contribution < -0.4 is 9.62 Å². The Bertz CT molecular complexity index is 857. The summed E-state index contributed by atoms with van der Waals surface area (Å²) < 4.78 is 26.4. The van der Waals surface area contributed by atoms with Gasteiger partial charge in [0.05, 0.1) is 11.4 Å². The summed E-state index contributed by atoms with van der Waals surface area (Å²) in [7, 11) is -2.23. The minimum absolute atomic E-state index is 0.108. The van der Waals surface area contributed by atoms with E-state index in [0.29, 0.717) is 38.3 Å². The quantitative estimate of drug-likeness (QED) is 0.751. The van der Waals surface area contributed by atoms with Gasteiger partial charge in [-0.05, 0) is 38.1 Å². The zero-order valence-corrected chi connectivity index (χ0v) is 16.2. The minimum Gasteiger partial charge on any atom is -0.465 e. The van der Waals surface area contributed by atoms with Crippen LogP contribution in [0.2, 0.25) is 0 Å². The molecular weight excluding hydrogens is 372 g/mol. The summed E-state index contributed by atoms with van der Waals surface area (Å²) in [4.78, 5) is 29.0. The summed E-state index contributed by atoms with van der Waals surface area (Å²) >= 11 is 0. The maximum Gasteiger partial charge on any atom is 0.407 e. The van der Waals surface area contributed by atoms with Gasteiger partial charge in [-0.3, -0.25) is 9.69 Å². The fourth-order valence-corrected chi connectivity index (χ4v) is 4.39. The molecule has 2 heterocycles. The Hall–Kier alpha value is -2.17. The van der Waals surface area contributed by atoms with Gasteiger partial charge in [0.2, 0.25) is 15.9 Å². The number of piperazine rings is 1. The van der Waals surface area contributed by atoms with E-state index in [-0.39, 0.29) is 23.4 Å². The number of hydrogen-bond donors (Lipinski definition) is 2. The number of benzene rings is 1. The van der Waals surface area contributed by atoms with Crippen molar-refractivity contribution in [1.29, 1.82) is 0 Å². The van der Waals surface area contributed by atoms with Crippen molar-refractivity contribution in [3.63, 3.8) is 0 Å². The van der Waals surface area contributed by atoms with Gasteiger partial charge in [-0.2, -0.15) is 0 Å². The summed E-state index contributed by atoms with van der Waals surface area (Å²) in [5.41, 5.74) is 1.58. The topological polar surface area (TPSA) is 110 Å². The van der Waals surface area contributed by atoms with E-state index < -0.39 is 16.1 Å². The molecule has 0 aromatic heterocycles. The molecule has 27 heavy (non-hydrogen) atoms. The average Bonchev–Trinajstić information content (AvgIpc) is 3.04. The molecule has 0 radical (unpaired) electrons. The molecule has 0 saturated carbocycles. The molecule has 1 aromatic carbocycles. The van der Waals surface area contributed by atoms with Crippen LogP contribution >= 0.6 is 0 Å². The van der Waals surface area contributed by atoms with Gasteiger partial charge in [-0.1, -0.05) is 6.07 Å². The lowest BCUT2D eigenvalue weighted by molar-refractivity contribution is -0.120. The molecule has 3 rings (SSSR count). The van der Waals surface area contributed by atoms with Crippen LogP contribution in [0.5, 0.6) is 0 Å². The molecule has 1 atom stereocenters. The highest BCUT2D eigenvalue weighted by atomic mass is 32.2. The number of rotatable bonds is 4. The monoisotopic (exact) mass is 396 g/mol. The van der Waals surface area contributed by atoms with E-state index >= 15 is 0 Å². The third-order valence-corrected chi connectivity index (χ3v) is 6.56. The van der Waals surface area contributed by atoms with E-state index in [0.717, 1.165) is 5.56 Å². The number of carboxylic acid groups (broad SMARTS) is 1. The Labute approximate surface area is 158 Å². The zero-order valence-electron chi connectivity index (χ0n) is 15.4. The largest absolute Gasteiger partial charge is 0.465 e. The molecule has 0 spiro atoms. The first-order chi connectivity index (χ1) is 12.7. The van der Waals surface area contributed by atoms with Crippen molar-refractivity contribution in [2.75, 3.05) is 44.7 Å². The molecule has 0 bridgehead atoms. The molecule has 0 unspecified atom stereocenters. The van der Waals surface area contributed by atoms with Gasteiger partial charge < -0.3 is 14.9 Å². The Kier molecular flexibility index (Phi) is 5.41. The highest BCUT2D eigenvalue weighted by Crippen LogP contribution is 2.30. The van der Waals surface area contributed by atoms with Gasteiger partial charge in [0, 0.05) is 37.9 Å². The third kappa shape index (κ3) is 3.92. The normalized spacial score (nSPS) is 20.6. The molecular formula is C17H24N4O5S. The summed E-state index contributed by atoms with van der Waals surface area (Å²) in [5.74, 6) is -0.108. The summed E-state index contributed by atoms with van der Waals surface area (Å²) in [6, 6.07) is 4.66. The first kappa shape index (κ1) is 19.6. The SMILES string of the molecule is CNS(=O)(=O)c1ccc2c(c1)N(C(=O)CN1CCN(C(=O)O)[C@H](C)C1)CC2. The molecule has 2 N–H and O–H groups in total. The van der Waals surface area contributed by atoms with Crippen molar-refractivity contribution in [3.8, 4) is 0 Å². The predicted octanol–water partition coefficient (Wildman–Crippen LogP) is 0.168. The molecule has 9 nitrogen and oxygen atoms in total. The average molecular weight is 396 g/mol. The standard InChI is InChI=1S/C17H24N4O5S/c1-12-10-19(7-8-20(12)17(23)24)11-16(22)21-6-5-13-3-4-14(9-15(13)21)27(25,26)18-2/h3-4,9,12,18H,5-8,10-11H2,1-2H3,(H,23,24)/t12-/m1/s1. The second-order valence-corrected chi connectivity index (χ2v) is 8.74. The predicted molar refractivity (Wildman–Crippen MR) is 99.4 cm³/mol. The van der Waals surface area contributed by atoms with E-state index in [2.05, 4.69) is 4.72 Å². The minimum atomic E-state index is -3.58. The first-order valence-electron chi connectivity index (χ1n) is 8.81.